The van der Waals surface area contributed by atoms with Crippen molar-refractivity contribution in [3.05, 3.63) is 48.0 Å². The second kappa shape index (κ2) is 10.1. The molecule has 1 rings (SSSR count). The number of benzene rings is 1. The van der Waals surface area contributed by atoms with Crippen molar-refractivity contribution in [2.45, 2.75) is 26.4 Å². The molecule has 94 valence electrons. The summed E-state index contributed by atoms with van der Waals surface area (Å²) in [6.45, 7) is 5.66. The number of ether oxygens (including phenoxy) is 1. The van der Waals surface area contributed by atoms with Gasteiger partial charge in [0.15, 0.2) is 0 Å². The minimum atomic E-state index is 0.729. The molecule has 0 saturated carbocycles. The largest absolute Gasteiger partial charge is 0.377 e. The Hall–Kier alpha value is -1.12. The highest BCUT2D eigenvalue weighted by Crippen LogP contribution is 2.01. The smallest absolute Gasteiger partial charge is 0.0716 e. The van der Waals surface area contributed by atoms with E-state index in [1.807, 2.05) is 25.1 Å². The molecule has 0 heterocycles. The maximum Gasteiger partial charge on any atom is 0.0716 e. The zero-order chi connectivity index (χ0) is 12.2. The molecule has 0 aliphatic heterocycles. The monoisotopic (exact) mass is 233 g/mol. The molecule has 0 aromatic heterocycles. The van der Waals surface area contributed by atoms with E-state index in [0.717, 1.165) is 32.7 Å². The van der Waals surface area contributed by atoms with Crippen molar-refractivity contribution in [1.29, 1.82) is 0 Å². The Morgan fingerprint density at radius 3 is 2.76 bits per heavy atom. The van der Waals surface area contributed by atoms with Gasteiger partial charge in [-0.1, -0.05) is 42.5 Å². The van der Waals surface area contributed by atoms with E-state index < -0.39 is 0 Å². The number of allylic oxidation sites excluding steroid dienone is 1. The van der Waals surface area contributed by atoms with Crippen molar-refractivity contribution < 1.29 is 4.74 Å². The van der Waals surface area contributed by atoms with Crippen LogP contribution in [0.5, 0.6) is 0 Å². The molecule has 0 saturated heterocycles. The number of hydrogen-bond acceptors (Lipinski definition) is 2. The van der Waals surface area contributed by atoms with Gasteiger partial charge in [0.1, 0.15) is 0 Å². The number of nitrogens with one attached hydrogen (secondary N) is 1. The third kappa shape index (κ3) is 7.72. The fourth-order valence-corrected chi connectivity index (χ4v) is 1.52. The first-order chi connectivity index (χ1) is 8.43. The molecule has 2 heteroatoms. The number of unbranched alkanes of at least 4 members (excludes halogenated alkanes) is 1. The molecule has 0 radical (unpaired) electrons. The van der Waals surface area contributed by atoms with Crippen LogP contribution in [0.4, 0.5) is 0 Å². The van der Waals surface area contributed by atoms with Gasteiger partial charge in [-0.15, -0.1) is 0 Å². The Bertz CT molecular complexity index is 295. The predicted octanol–water partition coefficient (Wildman–Crippen LogP) is 3.15. The fraction of sp³-hybridized carbons (Fsp3) is 0.467. The van der Waals surface area contributed by atoms with Gasteiger partial charge >= 0.3 is 0 Å². The average Bonchev–Trinajstić information content (AvgIpc) is 2.38. The summed E-state index contributed by atoms with van der Waals surface area (Å²) in [5.41, 5.74) is 1.25. The average molecular weight is 233 g/mol. The second-order valence-electron chi connectivity index (χ2n) is 4.02. The zero-order valence-corrected chi connectivity index (χ0v) is 10.7. The predicted molar refractivity (Wildman–Crippen MR) is 73.0 cm³/mol. The lowest BCUT2D eigenvalue weighted by atomic mass is 10.2. The van der Waals surface area contributed by atoms with Crippen molar-refractivity contribution in [3.63, 3.8) is 0 Å². The highest BCUT2D eigenvalue weighted by molar-refractivity contribution is 5.13. The van der Waals surface area contributed by atoms with Gasteiger partial charge in [0.2, 0.25) is 0 Å². The van der Waals surface area contributed by atoms with Crippen LogP contribution in [0.1, 0.15) is 25.3 Å². The first-order valence-corrected chi connectivity index (χ1v) is 6.37. The molecule has 0 bridgehead atoms. The van der Waals surface area contributed by atoms with Gasteiger partial charge in [0.25, 0.3) is 0 Å². The van der Waals surface area contributed by atoms with Crippen LogP contribution in [0, 0.1) is 0 Å². The van der Waals surface area contributed by atoms with Crippen LogP contribution >= 0.6 is 0 Å². The van der Waals surface area contributed by atoms with Gasteiger partial charge in [-0.2, -0.15) is 0 Å². The Balaban J connectivity index is 1.88. The van der Waals surface area contributed by atoms with Crippen LogP contribution in [0.25, 0.3) is 0 Å². The molecule has 1 N–H and O–H groups in total. The van der Waals surface area contributed by atoms with Crippen molar-refractivity contribution in [2.75, 3.05) is 19.7 Å². The zero-order valence-electron chi connectivity index (χ0n) is 10.7. The maximum absolute atomic E-state index is 5.61. The minimum absolute atomic E-state index is 0.729. The quantitative estimate of drug-likeness (QED) is 0.522. The highest BCUT2D eigenvalue weighted by atomic mass is 16.5. The van der Waals surface area contributed by atoms with E-state index in [0.29, 0.717) is 0 Å². The summed E-state index contributed by atoms with van der Waals surface area (Å²) in [5, 5.41) is 3.35. The summed E-state index contributed by atoms with van der Waals surface area (Å²) in [5.74, 6) is 0. The first-order valence-electron chi connectivity index (χ1n) is 6.37. The van der Waals surface area contributed by atoms with Crippen molar-refractivity contribution in [3.8, 4) is 0 Å². The van der Waals surface area contributed by atoms with Gasteiger partial charge in [-0.25, -0.2) is 0 Å². The normalized spacial score (nSPS) is 11.1. The summed E-state index contributed by atoms with van der Waals surface area (Å²) < 4.78 is 5.61. The lowest BCUT2D eigenvalue weighted by molar-refractivity contribution is 0.117. The maximum atomic E-state index is 5.61. The number of rotatable bonds is 9. The van der Waals surface area contributed by atoms with Gasteiger partial charge in [-0.05, 0) is 31.9 Å². The van der Waals surface area contributed by atoms with E-state index in [-0.39, 0.29) is 0 Å². The minimum Gasteiger partial charge on any atom is -0.377 e. The SMILES string of the molecule is C/C=C/CNCCCCOCc1ccccc1. The molecule has 2 nitrogen and oxygen atoms in total. The lowest BCUT2D eigenvalue weighted by Crippen LogP contribution is -2.15. The summed E-state index contributed by atoms with van der Waals surface area (Å²) in [4.78, 5) is 0. The standard InChI is InChI=1S/C15H23NO/c1-2-3-11-16-12-7-8-13-17-14-15-9-5-4-6-10-15/h2-6,9-10,16H,7-8,11-14H2,1H3/b3-2+. The molecule has 0 amide bonds. The van der Waals surface area contributed by atoms with Crippen LogP contribution in [-0.4, -0.2) is 19.7 Å². The fourth-order valence-electron chi connectivity index (χ4n) is 1.52. The van der Waals surface area contributed by atoms with Gasteiger partial charge in [0, 0.05) is 13.2 Å². The van der Waals surface area contributed by atoms with E-state index >= 15 is 0 Å². The van der Waals surface area contributed by atoms with Crippen LogP contribution in [0.3, 0.4) is 0 Å². The third-order valence-corrected chi connectivity index (χ3v) is 2.50. The van der Waals surface area contributed by atoms with Crippen LogP contribution in [-0.2, 0) is 11.3 Å². The molecule has 1 aromatic rings. The van der Waals surface area contributed by atoms with E-state index in [2.05, 4.69) is 29.6 Å². The molecule has 0 fully saturated rings. The van der Waals surface area contributed by atoms with E-state index in [9.17, 15) is 0 Å². The van der Waals surface area contributed by atoms with Crippen LogP contribution < -0.4 is 5.32 Å². The van der Waals surface area contributed by atoms with Crippen molar-refractivity contribution in [1.82, 2.24) is 5.32 Å². The molecular weight excluding hydrogens is 210 g/mol. The van der Waals surface area contributed by atoms with Crippen LogP contribution in [0.15, 0.2) is 42.5 Å². The van der Waals surface area contributed by atoms with Crippen molar-refractivity contribution in [2.24, 2.45) is 0 Å². The molecule has 0 spiro atoms. The van der Waals surface area contributed by atoms with Crippen LogP contribution in [0.2, 0.25) is 0 Å². The molecule has 0 aliphatic carbocycles. The Labute approximate surface area is 105 Å². The molecule has 0 aliphatic rings. The molecule has 1 aromatic carbocycles. The Morgan fingerprint density at radius 1 is 1.18 bits per heavy atom. The lowest BCUT2D eigenvalue weighted by Gasteiger charge is -2.04. The first kappa shape index (κ1) is 13.9. The summed E-state index contributed by atoms with van der Waals surface area (Å²) in [6.07, 6.45) is 6.49. The molecular formula is C15H23NO. The molecule has 0 atom stereocenters. The highest BCUT2D eigenvalue weighted by Gasteiger charge is 1.92. The van der Waals surface area contributed by atoms with Gasteiger partial charge in [-0.3, -0.25) is 0 Å². The van der Waals surface area contributed by atoms with Crippen molar-refractivity contribution >= 4 is 0 Å². The van der Waals surface area contributed by atoms with Gasteiger partial charge < -0.3 is 10.1 Å². The summed E-state index contributed by atoms with van der Waals surface area (Å²) in [6, 6.07) is 10.3. The second-order valence-corrected chi connectivity index (χ2v) is 4.02. The summed E-state index contributed by atoms with van der Waals surface area (Å²) in [7, 11) is 0. The summed E-state index contributed by atoms with van der Waals surface area (Å²) >= 11 is 0. The molecule has 17 heavy (non-hydrogen) atoms. The Morgan fingerprint density at radius 2 is 2.00 bits per heavy atom. The van der Waals surface area contributed by atoms with E-state index in [1.165, 1.54) is 12.0 Å². The van der Waals surface area contributed by atoms with Gasteiger partial charge in [0.05, 0.1) is 6.61 Å². The van der Waals surface area contributed by atoms with E-state index in [4.69, 9.17) is 4.74 Å². The third-order valence-electron chi connectivity index (χ3n) is 2.50. The number of hydrogen-bond donors (Lipinski definition) is 1. The topological polar surface area (TPSA) is 21.3 Å². The Kier molecular flexibility index (Phi) is 8.25. The van der Waals surface area contributed by atoms with E-state index in [1.54, 1.807) is 0 Å². The molecule has 0 unspecified atom stereocenters.